The van der Waals surface area contributed by atoms with Gasteiger partial charge in [0.05, 0.1) is 24.7 Å². The first kappa shape index (κ1) is 44.4. The van der Waals surface area contributed by atoms with E-state index in [4.69, 9.17) is 21.1 Å². The zero-order chi connectivity index (χ0) is 41.9. The van der Waals surface area contributed by atoms with Crippen molar-refractivity contribution in [1.82, 2.24) is 14.9 Å². The van der Waals surface area contributed by atoms with Crippen molar-refractivity contribution in [3.63, 3.8) is 0 Å². The van der Waals surface area contributed by atoms with E-state index in [1.165, 1.54) is 11.1 Å². The monoisotopic (exact) mass is 850 g/mol. The number of rotatable bonds is 2. The Morgan fingerprint density at radius 3 is 2.59 bits per heavy atom. The molecule has 15 heteroatoms. The lowest BCUT2D eigenvalue weighted by Crippen LogP contribution is -2.56. The van der Waals surface area contributed by atoms with Crippen LogP contribution < -0.4 is 19.7 Å². The second-order valence-electron chi connectivity index (χ2n) is 16.9. The first-order valence-corrected chi connectivity index (χ1v) is 22.4. The minimum Gasteiger partial charge on any atom is -0.490 e. The van der Waals surface area contributed by atoms with Gasteiger partial charge in [-0.1, -0.05) is 30.7 Å². The van der Waals surface area contributed by atoms with Crippen LogP contribution in [0, 0.1) is 17.8 Å². The highest BCUT2D eigenvalue weighted by Crippen LogP contribution is 2.48. The third-order valence-electron chi connectivity index (χ3n) is 13.5. The van der Waals surface area contributed by atoms with Crippen LogP contribution in [-0.2, 0) is 31.4 Å². The first-order chi connectivity index (χ1) is 27.7. The third-order valence-corrected chi connectivity index (χ3v) is 15.6. The number of carbonyl (C=O) groups excluding carboxylic acids is 2. The van der Waals surface area contributed by atoms with Gasteiger partial charge in [0.15, 0.2) is 6.29 Å². The number of sulfonamides is 1. The molecule has 1 amide bonds. The molecule has 2 N–H and O–H groups in total. The molecule has 10 nitrogen and oxygen atoms in total. The molecule has 2 aliphatic carbocycles. The number of carbonyl (C=O) groups is 2. The number of allylic oxidation sites excluding steroid dienone is 1. The summed E-state index contributed by atoms with van der Waals surface area (Å²) in [5, 5.41) is 3.02. The Morgan fingerprint density at radius 2 is 1.86 bits per heavy atom. The Labute approximate surface area is 346 Å². The fourth-order valence-corrected chi connectivity index (χ4v) is 11.2. The Morgan fingerprint density at radius 1 is 1.07 bits per heavy atom. The third kappa shape index (κ3) is 9.26. The molecular weight excluding hydrogens is 793 g/mol. The van der Waals surface area contributed by atoms with Crippen LogP contribution in [0.3, 0.4) is 0 Å². The van der Waals surface area contributed by atoms with Crippen LogP contribution in [0.2, 0.25) is 5.02 Å². The van der Waals surface area contributed by atoms with Crippen LogP contribution in [0.5, 0.6) is 5.75 Å². The Balaban J connectivity index is 0.000000342. The Kier molecular flexibility index (Phi) is 13.9. The number of piperazine rings is 1. The maximum atomic E-state index is 13.4. The molecule has 2 aromatic rings. The highest BCUT2D eigenvalue weighted by Gasteiger charge is 2.49. The van der Waals surface area contributed by atoms with Crippen molar-refractivity contribution < 1.29 is 40.7 Å². The summed E-state index contributed by atoms with van der Waals surface area (Å²) in [7, 11) is -1.91. The molecule has 1 unspecified atom stereocenters. The van der Waals surface area contributed by atoms with Gasteiger partial charge < -0.3 is 19.7 Å². The van der Waals surface area contributed by atoms with Gasteiger partial charge in [0.1, 0.15) is 11.4 Å². The number of nitrogens with zero attached hydrogens (tertiary/aromatic N) is 2. The number of nitrogens with one attached hydrogen (secondary N) is 2. The largest absolute Gasteiger partial charge is 0.490 e. The van der Waals surface area contributed by atoms with E-state index in [2.05, 4.69) is 32.0 Å². The molecule has 8 rings (SSSR count). The van der Waals surface area contributed by atoms with Gasteiger partial charge in [0, 0.05) is 87.2 Å². The lowest BCUT2D eigenvalue weighted by Gasteiger charge is -2.48. The number of hydrogen-bond acceptors (Lipinski definition) is 9. The summed E-state index contributed by atoms with van der Waals surface area (Å²) in [5.41, 5.74) is 2.05. The van der Waals surface area contributed by atoms with Crippen molar-refractivity contribution in [3.05, 3.63) is 70.3 Å². The zero-order valence-electron chi connectivity index (χ0n) is 34.0. The molecule has 7 atom stereocenters. The van der Waals surface area contributed by atoms with E-state index in [9.17, 15) is 31.2 Å². The minimum absolute atomic E-state index is 0.0417. The molecule has 320 valence electrons. The van der Waals surface area contributed by atoms with Crippen molar-refractivity contribution in [2.24, 2.45) is 17.8 Å². The summed E-state index contributed by atoms with van der Waals surface area (Å²) in [6.45, 7) is 8.35. The topological polar surface area (TPSA) is 117 Å². The summed E-state index contributed by atoms with van der Waals surface area (Å²) in [5.74, 6) is -2.62. The number of piperidine rings is 1. The minimum atomic E-state index is -3.97. The predicted octanol–water partition coefficient (Wildman–Crippen LogP) is 6.74. The summed E-state index contributed by atoms with van der Waals surface area (Å²) in [4.78, 5) is 30.5. The van der Waals surface area contributed by atoms with Gasteiger partial charge in [-0.15, -0.1) is 0 Å². The second-order valence-corrected chi connectivity index (χ2v) is 19.4. The molecule has 2 aromatic carbocycles. The summed E-state index contributed by atoms with van der Waals surface area (Å²) in [6.07, 6.45) is 9.74. The lowest BCUT2D eigenvalue weighted by atomic mass is 9.64. The van der Waals surface area contributed by atoms with Crippen molar-refractivity contribution in [2.75, 3.05) is 65.1 Å². The average molecular weight is 851 g/mol. The van der Waals surface area contributed by atoms with Crippen LogP contribution in [0.1, 0.15) is 80.3 Å². The number of alkyl halides is 3. The molecule has 2 bridgehead atoms. The van der Waals surface area contributed by atoms with Gasteiger partial charge in [0.2, 0.25) is 10.0 Å². The highest BCUT2D eigenvalue weighted by molar-refractivity contribution is 7.90. The van der Waals surface area contributed by atoms with Crippen LogP contribution in [0.25, 0.3) is 0 Å². The van der Waals surface area contributed by atoms with Crippen molar-refractivity contribution in [2.45, 2.75) is 93.4 Å². The maximum absolute atomic E-state index is 13.4. The van der Waals surface area contributed by atoms with Crippen LogP contribution in [0.15, 0.2) is 48.6 Å². The number of anilines is 1. The van der Waals surface area contributed by atoms with Gasteiger partial charge in [-0.25, -0.2) is 21.9 Å². The molecule has 1 spiro atoms. The number of aldehydes is 1. The summed E-state index contributed by atoms with van der Waals surface area (Å²) < 4.78 is 76.7. The lowest BCUT2D eigenvalue weighted by molar-refractivity contribution is -0.135. The number of fused-ring (bicyclic) bond motifs is 5. The molecule has 2 saturated heterocycles. The molecular formula is C43H58ClF3N4O6S. The Hall–Kier alpha value is -3.17. The van der Waals surface area contributed by atoms with Crippen molar-refractivity contribution in [3.8, 4) is 5.75 Å². The Bertz CT molecular complexity index is 1940. The molecule has 0 radical (unpaired) electrons. The highest BCUT2D eigenvalue weighted by atomic mass is 35.5. The van der Waals surface area contributed by atoms with Crippen LogP contribution >= 0.6 is 11.6 Å². The number of ether oxygens (including phenoxy) is 2. The number of hydrogen-bond donors (Lipinski definition) is 2. The maximum Gasteiger partial charge on any atom is 0.264 e. The van der Waals surface area contributed by atoms with E-state index in [0.29, 0.717) is 50.6 Å². The van der Waals surface area contributed by atoms with E-state index in [-0.39, 0.29) is 47.6 Å². The van der Waals surface area contributed by atoms with E-state index >= 15 is 0 Å². The van der Waals surface area contributed by atoms with Gasteiger partial charge in [-0.3, -0.25) is 18.9 Å². The standard InChI is InChI=1S/C34H41ClN2O6S.C8H14F2N2.CH3F/c1-22-6-4-15-34(20-38,42-3)29-11-8-26(29)18-37-19-33(14-5-7-24-16-27(35)10-12-28(24)33)21-43-31-13-9-25(17-30(31)37)32(39)36-44(40,41)23(22)2;9-8(10)1-3-12-4-2-11-6-7(12)5-8;1-2/h4,9-10,12-13,15-17,20,22-23,26,29H,5-8,11,14,18-19,21H2,1-3H3,(H,36,39);7,11H,1-6H2;1H3/b15-4+;;/t22-,23+,26-,29+,33-,34+;;/m0../s1. The van der Waals surface area contributed by atoms with Crippen LogP contribution in [0.4, 0.5) is 18.9 Å². The summed E-state index contributed by atoms with van der Waals surface area (Å²) in [6, 6.07) is 11.3. The molecule has 0 aromatic heterocycles. The molecule has 58 heavy (non-hydrogen) atoms. The average Bonchev–Trinajstić information content (AvgIpc) is 3.35. The molecule has 3 fully saturated rings. The number of amides is 1. The van der Waals surface area contributed by atoms with Gasteiger partial charge in [0.25, 0.3) is 11.8 Å². The fraction of sp³-hybridized carbons (Fsp3) is 0.628. The summed E-state index contributed by atoms with van der Waals surface area (Å²) >= 11 is 6.40. The van der Waals surface area contributed by atoms with E-state index in [0.717, 1.165) is 63.7 Å². The number of aryl methyl sites for hydroxylation is 1. The quantitative estimate of drug-likeness (QED) is 0.251. The number of benzene rings is 2. The predicted molar refractivity (Wildman–Crippen MR) is 220 cm³/mol. The van der Waals surface area contributed by atoms with Crippen LogP contribution in [-0.4, -0.2) is 108 Å². The first-order valence-electron chi connectivity index (χ1n) is 20.4. The van der Waals surface area contributed by atoms with E-state index in [1.54, 1.807) is 32.2 Å². The number of methoxy groups -OCH3 is 1. The molecule has 6 aliphatic rings. The molecule has 4 aliphatic heterocycles. The van der Waals surface area contributed by atoms with E-state index in [1.807, 2.05) is 25.1 Å². The van der Waals surface area contributed by atoms with Gasteiger partial charge in [-0.05, 0) is 105 Å². The SMILES string of the molecule is CF.CO[C@@]1(C=O)/C=C/C[C@H](C)[C@@H](C)S(=O)(=O)NC(=O)c2ccc3c(c2)N(C[C@@H]2CC[C@H]21)C[C@@]1(CCCc2cc(Cl)ccc21)CO3.FC1(F)CCN2CCNCC2C1. The molecule has 4 heterocycles. The van der Waals surface area contributed by atoms with Gasteiger partial charge in [-0.2, -0.15) is 0 Å². The van der Waals surface area contributed by atoms with E-state index < -0.39 is 32.7 Å². The molecule has 1 saturated carbocycles. The number of halogens is 4. The zero-order valence-corrected chi connectivity index (χ0v) is 35.5. The second kappa shape index (κ2) is 18.2. The van der Waals surface area contributed by atoms with Crippen molar-refractivity contribution >= 4 is 39.5 Å². The normalized spacial score (nSPS) is 33.3. The smallest absolute Gasteiger partial charge is 0.264 e. The van der Waals surface area contributed by atoms with Gasteiger partial charge >= 0.3 is 0 Å². The fourth-order valence-electron chi connectivity index (χ4n) is 9.74. The van der Waals surface area contributed by atoms with Crippen molar-refractivity contribution in [1.29, 1.82) is 0 Å².